The van der Waals surface area contributed by atoms with Crippen LogP contribution in [0.5, 0.6) is 0 Å². The highest BCUT2D eigenvalue weighted by Crippen LogP contribution is 2.38. The zero-order chi connectivity index (χ0) is 16.6. The first-order valence-electron chi connectivity index (χ1n) is 8.49. The molecule has 4 nitrogen and oxygen atoms in total. The van der Waals surface area contributed by atoms with Gasteiger partial charge in [0, 0.05) is 26.2 Å². The first kappa shape index (κ1) is 19.9. The number of hydrogen-bond acceptors (Lipinski definition) is 2. The van der Waals surface area contributed by atoms with Crippen molar-refractivity contribution in [3.8, 4) is 0 Å². The summed E-state index contributed by atoms with van der Waals surface area (Å²) in [6.45, 7) is 16.6. The minimum atomic E-state index is -0.910. The highest BCUT2D eigenvalue weighted by molar-refractivity contribution is 6.05. The maximum atomic E-state index is 13.1. The highest BCUT2D eigenvalue weighted by Gasteiger charge is 2.50. The molecule has 4 heteroatoms. The number of rotatable bonds is 9. The third-order valence-corrected chi connectivity index (χ3v) is 4.88. The summed E-state index contributed by atoms with van der Waals surface area (Å²) in [5.41, 5.74) is -0.910. The van der Waals surface area contributed by atoms with Crippen LogP contribution in [0, 0.1) is 11.3 Å². The van der Waals surface area contributed by atoms with E-state index in [0.717, 1.165) is 6.42 Å². The van der Waals surface area contributed by atoms with Crippen LogP contribution < -0.4 is 0 Å². The lowest BCUT2D eigenvalue weighted by molar-refractivity contribution is -0.160. The fraction of sp³-hybridized carbons (Fsp3) is 0.882. The Morgan fingerprint density at radius 2 is 1.14 bits per heavy atom. The maximum Gasteiger partial charge on any atom is 0.238 e. The molecule has 124 valence electrons. The maximum absolute atomic E-state index is 13.1. The van der Waals surface area contributed by atoms with Crippen LogP contribution in [0.4, 0.5) is 0 Å². The lowest BCUT2D eigenvalue weighted by Crippen LogP contribution is -2.56. The van der Waals surface area contributed by atoms with Gasteiger partial charge in [0.05, 0.1) is 0 Å². The van der Waals surface area contributed by atoms with Crippen molar-refractivity contribution in [2.45, 2.75) is 61.3 Å². The minimum Gasteiger partial charge on any atom is -0.342 e. The van der Waals surface area contributed by atoms with Crippen LogP contribution >= 0.6 is 0 Å². The summed E-state index contributed by atoms with van der Waals surface area (Å²) in [5.74, 6) is 0.0474. The van der Waals surface area contributed by atoms with E-state index < -0.39 is 5.41 Å². The van der Waals surface area contributed by atoms with E-state index in [0.29, 0.717) is 32.6 Å². The standard InChI is InChI=1S/C17H34N2O2/c1-8-14(7)17(9-2,15(20)18(10-3)11-4)16(21)19(12-5)13-6/h14H,8-13H2,1-7H3. The second-order valence-corrected chi connectivity index (χ2v) is 5.59. The summed E-state index contributed by atoms with van der Waals surface area (Å²) in [7, 11) is 0. The smallest absolute Gasteiger partial charge is 0.238 e. The monoisotopic (exact) mass is 298 g/mol. The molecule has 0 saturated carbocycles. The normalized spacial score (nSPS) is 12.9. The second-order valence-electron chi connectivity index (χ2n) is 5.59. The van der Waals surface area contributed by atoms with Crippen LogP contribution in [0.3, 0.4) is 0 Å². The molecule has 0 N–H and O–H groups in total. The topological polar surface area (TPSA) is 40.6 Å². The number of hydrogen-bond donors (Lipinski definition) is 0. The van der Waals surface area contributed by atoms with E-state index >= 15 is 0 Å². The van der Waals surface area contributed by atoms with Gasteiger partial charge < -0.3 is 9.80 Å². The number of amides is 2. The zero-order valence-corrected chi connectivity index (χ0v) is 15.0. The van der Waals surface area contributed by atoms with Crippen molar-refractivity contribution in [1.82, 2.24) is 9.80 Å². The van der Waals surface area contributed by atoms with Gasteiger partial charge in [0.2, 0.25) is 11.8 Å². The van der Waals surface area contributed by atoms with Gasteiger partial charge in [-0.3, -0.25) is 9.59 Å². The van der Waals surface area contributed by atoms with Crippen LogP contribution in [0.25, 0.3) is 0 Å². The van der Waals surface area contributed by atoms with E-state index in [9.17, 15) is 9.59 Å². The zero-order valence-electron chi connectivity index (χ0n) is 15.0. The van der Waals surface area contributed by atoms with Crippen molar-refractivity contribution in [2.24, 2.45) is 11.3 Å². The largest absolute Gasteiger partial charge is 0.342 e. The molecule has 0 radical (unpaired) electrons. The van der Waals surface area contributed by atoms with E-state index in [-0.39, 0.29) is 17.7 Å². The molecule has 0 aromatic rings. The Morgan fingerprint density at radius 3 is 1.33 bits per heavy atom. The Bertz CT molecular complexity index is 310. The van der Waals surface area contributed by atoms with Gasteiger partial charge in [-0.1, -0.05) is 27.2 Å². The summed E-state index contributed by atoms with van der Waals surface area (Å²) >= 11 is 0. The number of carbonyl (C=O) groups is 2. The molecule has 0 aromatic carbocycles. The number of carbonyl (C=O) groups excluding carboxylic acids is 2. The molecule has 0 heterocycles. The average molecular weight is 298 g/mol. The van der Waals surface area contributed by atoms with Crippen molar-refractivity contribution in [1.29, 1.82) is 0 Å². The summed E-state index contributed by atoms with van der Waals surface area (Å²) in [4.78, 5) is 29.8. The van der Waals surface area contributed by atoms with Crippen molar-refractivity contribution in [3.63, 3.8) is 0 Å². The third-order valence-electron chi connectivity index (χ3n) is 4.88. The lowest BCUT2D eigenvalue weighted by Gasteiger charge is -2.41. The van der Waals surface area contributed by atoms with Crippen LogP contribution in [-0.2, 0) is 9.59 Å². The van der Waals surface area contributed by atoms with Crippen molar-refractivity contribution in [3.05, 3.63) is 0 Å². The van der Waals surface area contributed by atoms with E-state index in [1.807, 2.05) is 41.5 Å². The molecule has 21 heavy (non-hydrogen) atoms. The molecule has 1 atom stereocenters. The minimum absolute atomic E-state index is 0.00116. The summed E-state index contributed by atoms with van der Waals surface area (Å²) in [6, 6.07) is 0. The van der Waals surface area contributed by atoms with E-state index in [1.54, 1.807) is 9.80 Å². The van der Waals surface area contributed by atoms with Gasteiger partial charge in [-0.15, -0.1) is 0 Å². The lowest BCUT2D eigenvalue weighted by atomic mass is 9.70. The predicted molar refractivity (Wildman–Crippen MR) is 88.0 cm³/mol. The number of nitrogens with zero attached hydrogens (tertiary/aromatic N) is 2. The molecule has 0 aliphatic heterocycles. The summed E-state index contributed by atoms with van der Waals surface area (Å²) < 4.78 is 0. The van der Waals surface area contributed by atoms with Gasteiger partial charge in [0.15, 0.2) is 0 Å². The van der Waals surface area contributed by atoms with E-state index in [2.05, 4.69) is 6.92 Å². The van der Waals surface area contributed by atoms with Gasteiger partial charge in [0.25, 0.3) is 0 Å². The Kier molecular flexibility index (Phi) is 8.60. The van der Waals surface area contributed by atoms with Gasteiger partial charge in [-0.05, 0) is 40.0 Å². The molecular formula is C17H34N2O2. The molecule has 2 amide bonds. The van der Waals surface area contributed by atoms with Crippen LogP contribution in [0.15, 0.2) is 0 Å². The van der Waals surface area contributed by atoms with Crippen molar-refractivity contribution >= 4 is 11.8 Å². The first-order chi connectivity index (χ1) is 9.90. The van der Waals surface area contributed by atoms with Gasteiger partial charge >= 0.3 is 0 Å². The molecule has 0 aromatic heterocycles. The molecule has 0 bridgehead atoms. The quantitative estimate of drug-likeness (QED) is 0.613. The van der Waals surface area contributed by atoms with Crippen LogP contribution in [0.1, 0.15) is 61.3 Å². The molecule has 0 spiro atoms. The molecule has 0 saturated heterocycles. The molecule has 1 unspecified atom stereocenters. The fourth-order valence-corrected chi connectivity index (χ4v) is 3.10. The van der Waals surface area contributed by atoms with Crippen LogP contribution in [0.2, 0.25) is 0 Å². The fourth-order valence-electron chi connectivity index (χ4n) is 3.10. The molecule has 0 aliphatic carbocycles. The molecule has 0 aliphatic rings. The van der Waals surface area contributed by atoms with Crippen molar-refractivity contribution in [2.75, 3.05) is 26.2 Å². The molecular weight excluding hydrogens is 264 g/mol. The average Bonchev–Trinajstić information content (AvgIpc) is 2.50. The SMILES string of the molecule is CCC(C)C(CC)(C(=O)N(CC)CC)C(=O)N(CC)CC. The molecule has 0 rings (SSSR count). The van der Waals surface area contributed by atoms with Gasteiger partial charge in [0.1, 0.15) is 5.41 Å². The first-order valence-corrected chi connectivity index (χ1v) is 8.49. The van der Waals surface area contributed by atoms with Crippen molar-refractivity contribution < 1.29 is 9.59 Å². The van der Waals surface area contributed by atoms with E-state index in [4.69, 9.17) is 0 Å². The second kappa shape index (κ2) is 9.06. The Labute approximate surface area is 130 Å². The van der Waals surface area contributed by atoms with E-state index in [1.165, 1.54) is 0 Å². The third kappa shape index (κ3) is 3.78. The Morgan fingerprint density at radius 1 is 0.810 bits per heavy atom. The van der Waals surface area contributed by atoms with Crippen LogP contribution in [-0.4, -0.2) is 47.8 Å². The predicted octanol–water partition coefficient (Wildman–Crippen LogP) is 3.17. The Hall–Kier alpha value is -1.06. The van der Waals surface area contributed by atoms with Gasteiger partial charge in [-0.2, -0.15) is 0 Å². The Balaban J connectivity index is 5.87. The molecule has 0 fully saturated rings. The summed E-state index contributed by atoms with van der Waals surface area (Å²) in [6.07, 6.45) is 1.39. The highest BCUT2D eigenvalue weighted by atomic mass is 16.2. The summed E-state index contributed by atoms with van der Waals surface area (Å²) in [5, 5.41) is 0. The van der Waals surface area contributed by atoms with Gasteiger partial charge in [-0.25, -0.2) is 0 Å².